The minimum absolute atomic E-state index is 0.135. The van der Waals surface area contributed by atoms with Crippen LogP contribution < -0.4 is 16.1 Å². The van der Waals surface area contributed by atoms with Crippen molar-refractivity contribution >= 4 is 61.8 Å². The second-order valence-corrected chi connectivity index (χ2v) is 7.97. The van der Waals surface area contributed by atoms with Crippen molar-refractivity contribution in [3.8, 4) is 0 Å². The lowest BCUT2D eigenvalue weighted by atomic mass is 10.2. The van der Waals surface area contributed by atoms with E-state index in [0.29, 0.717) is 21.6 Å². The van der Waals surface area contributed by atoms with Gasteiger partial charge in [-0.3, -0.25) is 19.8 Å². The number of rotatable bonds is 6. The summed E-state index contributed by atoms with van der Waals surface area (Å²) in [4.78, 5) is 37.4. The van der Waals surface area contributed by atoms with Crippen molar-refractivity contribution in [3.63, 3.8) is 0 Å². The SMILES string of the molecule is COCCNC(=O)C(=O)Nn1c(C(=O)Nc2ccc(Br)c(C)c2)cc2cc(Cl)ccc21. The average Bonchev–Trinajstić information content (AvgIpc) is 3.08. The van der Waals surface area contributed by atoms with Crippen molar-refractivity contribution in [2.75, 3.05) is 31.0 Å². The number of halogens is 2. The molecule has 2 aromatic carbocycles. The van der Waals surface area contributed by atoms with E-state index in [-0.39, 0.29) is 18.8 Å². The van der Waals surface area contributed by atoms with Gasteiger partial charge in [0.05, 0.1) is 12.1 Å². The second kappa shape index (κ2) is 9.95. The van der Waals surface area contributed by atoms with Gasteiger partial charge in [-0.2, -0.15) is 0 Å². The molecular formula is C21H20BrClN4O4. The standard InChI is InChI=1S/C21H20BrClN4O4/c1-12-9-15(4-5-16(12)22)25-19(28)18-11-13-10-14(23)3-6-17(13)27(18)26-21(30)20(29)24-7-8-31-2/h3-6,9-11H,7-8H2,1-2H3,(H,24,29)(H,25,28)(H,26,30). The van der Waals surface area contributed by atoms with E-state index in [1.165, 1.54) is 11.8 Å². The molecule has 0 aliphatic carbocycles. The molecule has 0 atom stereocenters. The highest BCUT2D eigenvalue weighted by Gasteiger charge is 2.21. The third-order valence-electron chi connectivity index (χ3n) is 4.42. The molecule has 10 heteroatoms. The van der Waals surface area contributed by atoms with E-state index in [2.05, 4.69) is 32.0 Å². The first kappa shape index (κ1) is 22.8. The number of aromatic nitrogens is 1. The van der Waals surface area contributed by atoms with Crippen molar-refractivity contribution in [3.05, 3.63) is 63.2 Å². The normalized spacial score (nSPS) is 10.7. The number of amides is 3. The molecule has 31 heavy (non-hydrogen) atoms. The first-order chi connectivity index (χ1) is 14.8. The van der Waals surface area contributed by atoms with Gasteiger partial charge in [0.15, 0.2) is 0 Å². The molecule has 162 valence electrons. The number of methoxy groups -OCH3 is 1. The smallest absolute Gasteiger partial charge is 0.328 e. The minimum atomic E-state index is -0.919. The van der Waals surface area contributed by atoms with Gasteiger partial charge in [-0.05, 0) is 55.0 Å². The van der Waals surface area contributed by atoms with Crippen LogP contribution in [-0.4, -0.2) is 42.7 Å². The van der Waals surface area contributed by atoms with Crippen LogP contribution in [0.4, 0.5) is 5.69 Å². The van der Waals surface area contributed by atoms with Crippen molar-refractivity contribution in [1.29, 1.82) is 0 Å². The topological polar surface area (TPSA) is 101 Å². The van der Waals surface area contributed by atoms with Gasteiger partial charge in [0.1, 0.15) is 5.69 Å². The monoisotopic (exact) mass is 506 g/mol. The summed E-state index contributed by atoms with van der Waals surface area (Å²) in [7, 11) is 1.49. The Morgan fingerprint density at radius 3 is 2.58 bits per heavy atom. The Morgan fingerprint density at radius 2 is 1.87 bits per heavy atom. The first-order valence-corrected chi connectivity index (χ1v) is 10.4. The Balaban J connectivity index is 1.91. The van der Waals surface area contributed by atoms with Gasteiger partial charge >= 0.3 is 11.8 Å². The Kier molecular flexibility index (Phi) is 7.32. The third kappa shape index (κ3) is 5.43. The predicted molar refractivity (Wildman–Crippen MR) is 123 cm³/mol. The molecule has 3 amide bonds. The van der Waals surface area contributed by atoms with Gasteiger partial charge in [-0.15, -0.1) is 0 Å². The Morgan fingerprint density at radius 1 is 1.10 bits per heavy atom. The molecule has 3 rings (SSSR count). The lowest BCUT2D eigenvalue weighted by Gasteiger charge is -2.13. The molecule has 1 heterocycles. The summed E-state index contributed by atoms with van der Waals surface area (Å²) >= 11 is 9.49. The maximum Gasteiger partial charge on any atom is 0.328 e. The zero-order valence-electron chi connectivity index (χ0n) is 16.8. The van der Waals surface area contributed by atoms with Crippen molar-refractivity contribution in [2.24, 2.45) is 0 Å². The van der Waals surface area contributed by atoms with E-state index in [9.17, 15) is 14.4 Å². The van der Waals surface area contributed by atoms with Gasteiger partial charge in [-0.25, -0.2) is 4.68 Å². The number of ether oxygens (including phenoxy) is 1. The highest BCUT2D eigenvalue weighted by molar-refractivity contribution is 9.10. The molecule has 0 fully saturated rings. The summed E-state index contributed by atoms with van der Waals surface area (Å²) in [5, 5.41) is 6.35. The molecule has 1 aromatic heterocycles. The van der Waals surface area contributed by atoms with Crippen LogP contribution in [0, 0.1) is 6.92 Å². The molecule has 8 nitrogen and oxygen atoms in total. The van der Waals surface area contributed by atoms with Crippen LogP contribution >= 0.6 is 27.5 Å². The van der Waals surface area contributed by atoms with E-state index in [0.717, 1.165) is 10.0 Å². The molecule has 0 spiro atoms. The number of anilines is 1. The molecule has 0 unspecified atom stereocenters. The zero-order valence-corrected chi connectivity index (χ0v) is 19.1. The molecule has 0 aliphatic rings. The quantitative estimate of drug-likeness (QED) is 0.351. The largest absolute Gasteiger partial charge is 0.383 e. The molecule has 3 N–H and O–H groups in total. The Hall–Kier alpha value is -2.88. The number of nitrogens with zero attached hydrogens (tertiary/aromatic N) is 1. The number of carbonyl (C=O) groups excluding carboxylic acids is 3. The van der Waals surface area contributed by atoms with E-state index in [1.807, 2.05) is 19.1 Å². The summed E-state index contributed by atoms with van der Waals surface area (Å²) in [6.45, 7) is 2.35. The molecule has 3 aromatic rings. The van der Waals surface area contributed by atoms with Crippen molar-refractivity contribution in [2.45, 2.75) is 6.92 Å². The van der Waals surface area contributed by atoms with Crippen LogP contribution in [0.3, 0.4) is 0 Å². The fourth-order valence-electron chi connectivity index (χ4n) is 2.89. The second-order valence-electron chi connectivity index (χ2n) is 6.68. The van der Waals surface area contributed by atoms with Crippen molar-refractivity contribution in [1.82, 2.24) is 9.99 Å². The van der Waals surface area contributed by atoms with Crippen LogP contribution in [-0.2, 0) is 14.3 Å². The lowest BCUT2D eigenvalue weighted by molar-refractivity contribution is -0.136. The van der Waals surface area contributed by atoms with E-state index in [4.69, 9.17) is 16.3 Å². The predicted octanol–water partition coefficient (Wildman–Crippen LogP) is 3.45. The summed E-state index contributed by atoms with van der Waals surface area (Å²) in [6, 6.07) is 11.9. The molecule has 0 saturated heterocycles. The maximum absolute atomic E-state index is 13.0. The van der Waals surface area contributed by atoms with E-state index < -0.39 is 17.7 Å². The minimum Gasteiger partial charge on any atom is -0.383 e. The molecular weight excluding hydrogens is 488 g/mol. The highest BCUT2D eigenvalue weighted by Crippen LogP contribution is 2.24. The number of hydrogen-bond acceptors (Lipinski definition) is 4. The molecule has 0 bridgehead atoms. The van der Waals surface area contributed by atoms with Gasteiger partial charge in [0.2, 0.25) is 0 Å². The van der Waals surface area contributed by atoms with Crippen LogP contribution in [0.2, 0.25) is 5.02 Å². The van der Waals surface area contributed by atoms with E-state index in [1.54, 1.807) is 30.3 Å². The lowest BCUT2D eigenvalue weighted by Crippen LogP contribution is -2.40. The third-order valence-corrected chi connectivity index (χ3v) is 5.55. The van der Waals surface area contributed by atoms with Crippen LogP contribution in [0.25, 0.3) is 10.9 Å². The molecule has 0 radical (unpaired) electrons. The summed E-state index contributed by atoms with van der Waals surface area (Å²) in [5.41, 5.74) is 4.67. The van der Waals surface area contributed by atoms with Crippen LogP contribution in [0.1, 0.15) is 16.1 Å². The fraction of sp³-hybridized carbons (Fsp3) is 0.190. The first-order valence-electron chi connectivity index (χ1n) is 9.27. The van der Waals surface area contributed by atoms with Crippen LogP contribution in [0.15, 0.2) is 46.9 Å². The fourth-order valence-corrected chi connectivity index (χ4v) is 3.32. The van der Waals surface area contributed by atoms with Gasteiger partial charge in [-0.1, -0.05) is 27.5 Å². The Bertz CT molecular complexity index is 1160. The van der Waals surface area contributed by atoms with E-state index >= 15 is 0 Å². The highest BCUT2D eigenvalue weighted by atomic mass is 79.9. The summed E-state index contributed by atoms with van der Waals surface area (Å²) in [5.74, 6) is -2.23. The van der Waals surface area contributed by atoms with Gasteiger partial charge < -0.3 is 15.4 Å². The van der Waals surface area contributed by atoms with Gasteiger partial charge in [0.25, 0.3) is 5.91 Å². The number of fused-ring (bicyclic) bond motifs is 1. The Labute approximate surface area is 192 Å². The number of hydrogen-bond donors (Lipinski definition) is 3. The van der Waals surface area contributed by atoms with Crippen LogP contribution in [0.5, 0.6) is 0 Å². The number of carbonyl (C=O) groups is 3. The average molecular weight is 508 g/mol. The number of benzene rings is 2. The number of aryl methyl sites for hydroxylation is 1. The molecule has 0 aliphatic heterocycles. The zero-order chi connectivity index (χ0) is 22.5. The summed E-state index contributed by atoms with van der Waals surface area (Å²) in [6.07, 6.45) is 0. The maximum atomic E-state index is 13.0. The van der Waals surface area contributed by atoms with Crippen molar-refractivity contribution < 1.29 is 19.1 Å². The van der Waals surface area contributed by atoms with Gasteiger partial charge in [0, 0.05) is 34.2 Å². The molecule has 0 saturated carbocycles. The number of nitrogens with one attached hydrogen (secondary N) is 3. The summed E-state index contributed by atoms with van der Waals surface area (Å²) < 4.78 is 7.04.